The van der Waals surface area contributed by atoms with Crippen LogP contribution in [0.3, 0.4) is 0 Å². The zero-order chi connectivity index (χ0) is 21.6. The quantitative estimate of drug-likeness (QED) is 0.375. The summed E-state index contributed by atoms with van der Waals surface area (Å²) in [6.07, 6.45) is 1.97. The molecule has 0 fully saturated rings. The molecule has 156 valence electrons. The minimum atomic E-state index is -0.244. The third-order valence-corrected chi connectivity index (χ3v) is 5.32. The van der Waals surface area contributed by atoms with E-state index < -0.39 is 0 Å². The molecular formula is C27H25FN2O. The number of rotatable bonds is 7. The van der Waals surface area contributed by atoms with Crippen LogP contribution in [0.15, 0.2) is 97.2 Å². The van der Waals surface area contributed by atoms with Crippen molar-refractivity contribution in [1.29, 1.82) is 0 Å². The molecular weight excluding hydrogens is 387 g/mol. The number of hydrogen-bond donors (Lipinski definition) is 0. The Labute approximate surface area is 182 Å². The van der Waals surface area contributed by atoms with E-state index in [2.05, 4.69) is 4.57 Å². The van der Waals surface area contributed by atoms with E-state index in [0.717, 1.165) is 22.4 Å². The van der Waals surface area contributed by atoms with E-state index in [9.17, 15) is 9.18 Å². The molecule has 3 aromatic carbocycles. The summed E-state index contributed by atoms with van der Waals surface area (Å²) in [6.45, 7) is 3.54. The molecule has 0 saturated carbocycles. The first kappa shape index (κ1) is 20.6. The number of nitrogens with zero attached hydrogens (tertiary/aromatic N) is 2. The molecule has 0 saturated heterocycles. The SMILES string of the molecule is Cc1ccc(C(=O)N(Cc2ccccc2)Cc2cccn2Cc2cccc(F)c2)cc1. The Morgan fingerprint density at radius 2 is 1.58 bits per heavy atom. The Morgan fingerprint density at radius 1 is 0.839 bits per heavy atom. The lowest BCUT2D eigenvalue weighted by molar-refractivity contribution is 0.0726. The van der Waals surface area contributed by atoms with E-state index in [1.165, 1.54) is 6.07 Å². The summed E-state index contributed by atoms with van der Waals surface area (Å²) < 4.78 is 15.7. The molecule has 4 aromatic rings. The van der Waals surface area contributed by atoms with Gasteiger partial charge in [0, 0.05) is 30.5 Å². The van der Waals surface area contributed by atoms with Gasteiger partial charge in [-0.3, -0.25) is 4.79 Å². The molecule has 31 heavy (non-hydrogen) atoms. The predicted octanol–water partition coefficient (Wildman–Crippen LogP) is 5.83. The molecule has 0 radical (unpaired) electrons. The largest absolute Gasteiger partial charge is 0.345 e. The summed E-state index contributed by atoms with van der Waals surface area (Å²) in [7, 11) is 0. The number of aryl methyl sites for hydroxylation is 1. The Kier molecular flexibility index (Phi) is 6.27. The number of carbonyl (C=O) groups excluding carboxylic acids is 1. The van der Waals surface area contributed by atoms with Gasteiger partial charge in [0.15, 0.2) is 0 Å². The maximum Gasteiger partial charge on any atom is 0.254 e. The van der Waals surface area contributed by atoms with Crippen molar-refractivity contribution in [3.63, 3.8) is 0 Å². The standard InChI is InChI=1S/C27H25FN2O/c1-21-12-14-24(15-13-21)27(31)30(18-22-7-3-2-4-8-22)20-26-11-6-16-29(26)19-23-9-5-10-25(28)17-23/h2-17H,18-20H2,1H3. The Bertz CT molecular complexity index is 1150. The van der Waals surface area contributed by atoms with Gasteiger partial charge in [-0.05, 0) is 54.4 Å². The van der Waals surface area contributed by atoms with Gasteiger partial charge in [0.2, 0.25) is 0 Å². The first-order valence-corrected chi connectivity index (χ1v) is 10.4. The van der Waals surface area contributed by atoms with Crippen LogP contribution >= 0.6 is 0 Å². The molecule has 0 bridgehead atoms. The van der Waals surface area contributed by atoms with E-state index in [4.69, 9.17) is 0 Å². The fourth-order valence-corrected chi connectivity index (χ4v) is 3.66. The highest BCUT2D eigenvalue weighted by Crippen LogP contribution is 2.17. The minimum absolute atomic E-state index is 0.0117. The summed E-state index contributed by atoms with van der Waals surface area (Å²) in [6, 6.07) is 28.3. The third kappa shape index (κ3) is 5.28. The van der Waals surface area contributed by atoms with Gasteiger partial charge < -0.3 is 9.47 Å². The van der Waals surface area contributed by atoms with E-state index >= 15 is 0 Å². The molecule has 0 aliphatic heterocycles. The second-order valence-corrected chi connectivity index (χ2v) is 7.77. The summed E-state index contributed by atoms with van der Waals surface area (Å²) in [5.74, 6) is -0.256. The van der Waals surface area contributed by atoms with E-state index in [-0.39, 0.29) is 11.7 Å². The second-order valence-electron chi connectivity index (χ2n) is 7.77. The molecule has 0 N–H and O–H groups in total. The van der Waals surface area contributed by atoms with Crippen LogP contribution in [0.25, 0.3) is 0 Å². The Balaban J connectivity index is 1.60. The average molecular weight is 413 g/mol. The number of halogens is 1. The van der Waals surface area contributed by atoms with Crippen molar-refractivity contribution in [2.45, 2.75) is 26.6 Å². The molecule has 4 heteroatoms. The molecule has 1 heterocycles. The number of carbonyl (C=O) groups is 1. The molecule has 0 spiro atoms. The van der Waals surface area contributed by atoms with Crippen molar-refractivity contribution in [3.8, 4) is 0 Å². The van der Waals surface area contributed by atoms with Gasteiger partial charge in [-0.2, -0.15) is 0 Å². The van der Waals surface area contributed by atoms with Crippen LogP contribution < -0.4 is 0 Å². The molecule has 3 nitrogen and oxygen atoms in total. The Hall–Kier alpha value is -3.66. The van der Waals surface area contributed by atoms with E-state index in [1.54, 1.807) is 12.1 Å². The third-order valence-electron chi connectivity index (χ3n) is 5.32. The highest BCUT2D eigenvalue weighted by atomic mass is 19.1. The number of benzene rings is 3. The zero-order valence-electron chi connectivity index (χ0n) is 17.5. The van der Waals surface area contributed by atoms with E-state index in [1.807, 2.05) is 90.8 Å². The normalized spacial score (nSPS) is 10.8. The van der Waals surface area contributed by atoms with Crippen molar-refractivity contribution in [3.05, 3.63) is 131 Å². The maximum absolute atomic E-state index is 13.6. The Morgan fingerprint density at radius 3 is 2.32 bits per heavy atom. The molecule has 1 amide bonds. The van der Waals surface area contributed by atoms with Crippen molar-refractivity contribution in [2.75, 3.05) is 0 Å². The molecule has 0 aliphatic rings. The highest BCUT2D eigenvalue weighted by molar-refractivity contribution is 5.94. The second kappa shape index (κ2) is 9.43. The molecule has 0 aliphatic carbocycles. The van der Waals surface area contributed by atoms with Crippen LogP contribution in [0.1, 0.15) is 32.7 Å². The summed E-state index contributed by atoms with van der Waals surface area (Å²) >= 11 is 0. The van der Waals surface area contributed by atoms with Crippen molar-refractivity contribution in [1.82, 2.24) is 9.47 Å². The van der Waals surface area contributed by atoms with Gasteiger partial charge >= 0.3 is 0 Å². The maximum atomic E-state index is 13.6. The van der Waals surface area contributed by atoms with E-state index in [0.29, 0.717) is 25.2 Å². The fraction of sp³-hybridized carbons (Fsp3) is 0.148. The summed E-state index contributed by atoms with van der Waals surface area (Å²) in [5.41, 5.74) is 4.75. The van der Waals surface area contributed by atoms with Crippen LogP contribution in [-0.4, -0.2) is 15.4 Å². The van der Waals surface area contributed by atoms with Gasteiger partial charge in [-0.25, -0.2) is 4.39 Å². The van der Waals surface area contributed by atoms with Gasteiger partial charge in [-0.15, -0.1) is 0 Å². The minimum Gasteiger partial charge on any atom is -0.345 e. The van der Waals surface area contributed by atoms with Crippen molar-refractivity contribution < 1.29 is 9.18 Å². The number of amides is 1. The molecule has 0 atom stereocenters. The van der Waals surface area contributed by atoms with Crippen LogP contribution in [0.2, 0.25) is 0 Å². The lowest BCUT2D eigenvalue weighted by Crippen LogP contribution is -2.31. The summed E-state index contributed by atoms with van der Waals surface area (Å²) in [5, 5.41) is 0. The van der Waals surface area contributed by atoms with Gasteiger partial charge in [0.1, 0.15) is 5.82 Å². The topological polar surface area (TPSA) is 25.2 Å². The van der Waals surface area contributed by atoms with Crippen molar-refractivity contribution >= 4 is 5.91 Å². The molecule has 4 rings (SSSR count). The van der Waals surface area contributed by atoms with Crippen molar-refractivity contribution in [2.24, 2.45) is 0 Å². The highest BCUT2D eigenvalue weighted by Gasteiger charge is 2.18. The molecule has 1 aromatic heterocycles. The average Bonchev–Trinajstić information content (AvgIpc) is 3.20. The fourth-order valence-electron chi connectivity index (χ4n) is 3.66. The monoisotopic (exact) mass is 412 g/mol. The van der Waals surface area contributed by atoms with Gasteiger partial charge in [0.05, 0.1) is 6.54 Å². The predicted molar refractivity (Wildman–Crippen MR) is 121 cm³/mol. The van der Waals surface area contributed by atoms with Crippen LogP contribution in [-0.2, 0) is 19.6 Å². The van der Waals surface area contributed by atoms with Crippen LogP contribution in [0, 0.1) is 12.7 Å². The van der Waals surface area contributed by atoms with Gasteiger partial charge in [0.25, 0.3) is 5.91 Å². The zero-order valence-corrected chi connectivity index (χ0v) is 17.5. The number of aromatic nitrogens is 1. The summed E-state index contributed by atoms with van der Waals surface area (Å²) in [4.78, 5) is 15.2. The van der Waals surface area contributed by atoms with Gasteiger partial charge in [-0.1, -0.05) is 60.2 Å². The smallest absolute Gasteiger partial charge is 0.254 e. The molecule has 0 unspecified atom stereocenters. The van der Waals surface area contributed by atoms with Crippen LogP contribution in [0.5, 0.6) is 0 Å². The van der Waals surface area contributed by atoms with Crippen LogP contribution in [0.4, 0.5) is 4.39 Å². The number of hydrogen-bond acceptors (Lipinski definition) is 1. The lowest BCUT2D eigenvalue weighted by Gasteiger charge is -2.24. The first-order chi connectivity index (χ1) is 15.1. The first-order valence-electron chi connectivity index (χ1n) is 10.4. The lowest BCUT2D eigenvalue weighted by atomic mass is 10.1.